The maximum absolute atomic E-state index is 12.9. The monoisotopic (exact) mass is 384 g/mol. The zero-order chi connectivity index (χ0) is 19.3. The number of benzene rings is 2. The predicted octanol–water partition coefficient (Wildman–Crippen LogP) is 2.15. The molecule has 6 nitrogen and oxygen atoms in total. The van der Waals surface area contributed by atoms with E-state index in [0.717, 1.165) is 49.9 Å². The Morgan fingerprint density at radius 1 is 1.00 bits per heavy atom. The standard InChI is InChI=1S/C21H24FN3O3/c22-17-6-4-16(5-7-17)21(26)23-8-9-24-10-12-25(13-11-24)18-2-1-3-19-20(18)28-15-14-27-19/h1-7H,8-15H2,(H,23,26)/i22-1. The maximum atomic E-state index is 12.9. The van der Waals surface area contributed by atoms with Crippen molar-refractivity contribution in [1.29, 1.82) is 0 Å². The van der Waals surface area contributed by atoms with Crippen molar-refractivity contribution in [3.63, 3.8) is 0 Å². The molecule has 4 rings (SSSR count). The van der Waals surface area contributed by atoms with Crippen molar-refractivity contribution >= 4 is 11.6 Å². The second-order valence-electron chi connectivity index (χ2n) is 6.89. The lowest BCUT2D eigenvalue weighted by Crippen LogP contribution is -2.48. The number of para-hydroxylation sites is 1. The Bertz CT molecular complexity index is 820. The van der Waals surface area contributed by atoms with Crippen LogP contribution in [0.25, 0.3) is 0 Å². The lowest BCUT2D eigenvalue weighted by atomic mass is 10.2. The van der Waals surface area contributed by atoms with Gasteiger partial charge in [-0.2, -0.15) is 0 Å². The third kappa shape index (κ3) is 4.20. The molecule has 2 aromatic carbocycles. The fourth-order valence-electron chi connectivity index (χ4n) is 3.55. The van der Waals surface area contributed by atoms with Crippen LogP contribution in [0.15, 0.2) is 42.5 Å². The molecule has 0 radical (unpaired) electrons. The Morgan fingerprint density at radius 2 is 1.75 bits per heavy atom. The maximum Gasteiger partial charge on any atom is 0.251 e. The lowest BCUT2D eigenvalue weighted by Gasteiger charge is -2.37. The highest BCUT2D eigenvalue weighted by Gasteiger charge is 2.23. The van der Waals surface area contributed by atoms with E-state index in [1.165, 1.54) is 24.3 Å². The number of amides is 1. The molecule has 2 aliphatic heterocycles. The van der Waals surface area contributed by atoms with Crippen LogP contribution >= 0.6 is 0 Å². The summed E-state index contributed by atoms with van der Waals surface area (Å²) in [7, 11) is 0. The Morgan fingerprint density at radius 3 is 2.54 bits per heavy atom. The molecule has 1 N–H and O–H groups in total. The highest BCUT2D eigenvalue weighted by Crippen LogP contribution is 2.39. The van der Waals surface area contributed by atoms with Crippen molar-refractivity contribution in [2.45, 2.75) is 0 Å². The van der Waals surface area contributed by atoms with Gasteiger partial charge in [0.1, 0.15) is 19.0 Å². The van der Waals surface area contributed by atoms with Gasteiger partial charge in [0.2, 0.25) is 0 Å². The Hall–Kier alpha value is -2.80. The van der Waals surface area contributed by atoms with Gasteiger partial charge in [0.05, 0.1) is 5.69 Å². The normalized spacial score (nSPS) is 16.7. The number of nitrogens with zero attached hydrogens (tertiary/aromatic N) is 2. The van der Waals surface area contributed by atoms with Crippen LogP contribution in [0.5, 0.6) is 11.5 Å². The van der Waals surface area contributed by atoms with Gasteiger partial charge in [-0.1, -0.05) is 6.07 Å². The number of anilines is 1. The average Bonchev–Trinajstić information content (AvgIpc) is 2.74. The molecule has 0 aliphatic carbocycles. The number of carbonyl (C=O) groups is 1. The van der Waals surface area contributed by atoms with Gasteiger partial charge in [-0.25, -0.2) is 4.39 Å². The van der Waals surface area contributed by atoms with Crippen molar-refractivity contribution in [3.05, 3.63) is 53.8 Å². The summed E-state index contributed by atoms with van der Waals surface area (Å²) >= 11 is 0. The van der Waals surface area contributed by atoms with Crippen molar-refractivity contribution in [1.82, 2.24) is 10.2 Å². The summed E-state index contributed by atoms with van der Waals surface area (Å²) in [5, 5.41) is 2.90. The van der Waals surface area contributed by atoms with Gasteiger partial charge in [0.25, 0.3) is 5.91 Å². The number of hydrogen-bond donors (Lipinski definition) is 1. The molecular formula is C21H24FN3O3. The van der Waals surface area contributed by atoms with Crippen molar-refractivity contribution in [2.75, 3.05) is 57.4 Å². The van der Waals surface area contributed by atoms with Gasteiger partial charge >= 0.3 is 0 Å². The van der Waals surface area contributed by atoms with Crippen LogP contribution < -0.4 is 19.7 Å². The number of hydrogen-bond acceptors (Lipinski definition) is 5. The Balaban J connectivity index is 1.25. The third-order valence-corrected chi connectivity index (χ3v) is 5.08. The molecule has 0 unspecified atom stereocenters. The number of carbonyl (C=O) groups excluding carboxylic acids is 1. The van der Waals surface area contributed by atoms with E-state index in [4.69, 9.17) is 9.47 Å². The lowest BCUT2D eigenvalue weighted by molar-refractivity contribution is 0.0947. The highest BCUT2D eigenvalue weighted by atomic mass is 18.2. The molecule has 28 heavy (non-hydrogen) atoms. The summed E-state index contributed by atoms with van der Waals surface area (Å²) in [5.74, 6) is 1.14. The molecule has 0 saturated carbocycles. The molecule has 1 fully saturated rings. The van der Waals surface area contributed by atoms with Crippen LogP contribution in [0, 0.1) is 5.82 Å². The molecule has 7 heteroatoms. The minimum atomic E-state index is -0.342. The molecule has 2 aromatic rings. The molecule has 2 aliphatic rings. The van der Waals surface area contributed by atoms with Crippen LogP contribution in [0.2, 0.25) is 0 Å². The highest BCUT2D eigenvalue weighted by molar-refractivity contribution is 5.94. The zero-order valence-electron chi connectivity index (χ0n) is 15.7. The largest absolute Gasteiger partial charge is 0.486 e. The molecule has 2 heterocycles. The number of rotatable bonds is 5. The van der Waals surface area contributed by atoms with E-state index in [0.29, 0.717) is 25.3 Å². The number of piperazine rings is 1. The van der Waals surface area contributed by atoms with Crippen molar-refractivity contribution in [2.24, 2.45) is 0 Å². The molecule has 0 atom stereocenters. The second-order valence-corrected chi connectivity index (χ2v) is 6.89. The fraction of sp³-hybridized carbons (Fsp3) is 0.381. The van der Waals surface area contributed by atoms with E-state index in [2.05, 4.69) is 21.2 Å². The zero-order valence-corrected chi connectivity index (χ0v) is 15.7. The summed E-state index contributed by atoms with van der Waals surface area (Å²) in [5.41, 5.74) is 1.56. The van der Waals surface area contributed by atoms with Crippen LogP contribution in [-0.2, 0) is 0 Å². The van der Waals surface area contributed by atoms with Crippen LogP contribution in [-0.4, -0.2) is 63.3 Å². The van der Waals surface area contributed by atoms with E-state index in [1.54, 1.807) is 0 Å². The molecule has 0 bridgehead atoms. The van der Waals surface area contributed by atoms with E-state index >= 15 is 0 Å². The second kappa shape index (κ2) is 8.48. The minimum Gasteiger partial charge on any atom is -0.486 e. The Labute approximate surface area is 163 Å². The van der Waals surface area contributed by atoms with E-state index in [1.807, 2.05) is 12.1 Å². The van der Waals surface area contributed by atoms with Gasteiger partial charge in [0.15, 0.2) is 11.5 Å². The number of halogens is 1. The van der Waals surface area contributed by atoms with Gasteiger partial charge in [0, 0.05) is 44.8 Å². The minimum absolute atomic E-state index is 0.174. The van der Waals surface area contributed by atoms with Gasteiger partial charge < -0.3 is 19.7 Å². The quantitative estimate of drug-likeness (QED) is 0.856. The molecule has 1 saturated heterocycles. The molecule has 0 spiro atoms. The molecule has 1 amide bonds. The predicted molar refractivity (Wildman–Crippen MR) is 105 cm³/mol. The smallest absolute Gasteiger partial charge is 0.251 e. The van der Waals surface area contributed by atoms with E-state index in [-0.39, 0.29) is 11.7 Å². The first kappa shape index (κ1) is 18.6. The van der Waals surface area contributed by atoms with Crippen molar-refractivity contribution in [3.8, 4) is 11.5 Å². The third-order valence-electron chi connectivity index (χ3n) is 5.08. The first-order valence-electron chi connectivity index (χ1n) is 9.60. The van der Waals surface area contributed by atoms with Crippen LogP contribution in [0.3, 0.4) is 0 Å². The van der Waals surface area contributed by atoms with E-state index < -0.39 is 0 Å². The van der Waals surface area contributed by atoms with Gasteiger partial charge in [-0.05, 0) is 36.4 Å². The summed E-state index contributed by atoms with van der Waals surface area (Å²) in [6, 6.07) is 11.6. The average molecular weight is 384 g/mol. The topological polar surface area (TPSA) is 54.0 Å². The first-order chi connectivity index (χ1) is 13.7. The molecule has 148 valence electrons. The molecular weight excluding hydrogens is 360 g/mol. The Kier molecular flexibility index (Phi) is 5.62. The van der Waals surface area contributed by atoms with E-state index in [9.17, 15) is 9.18 Å². The summed E-state index contributed by atoms with van der Waals surface area (Å²) in [6.45, 7) is 6.14. The number of ether oxygens (including phenoxy) is 2. The van der Waals surface area contributed by atoms with Gasteiger partial charge in [-0.3, -0.25) is 9.69 Å². The number of nitrogens with one attached hydrogen (secondary N) is 1. The fourth-order valence-corrected chi connectivity index (χ4v) is 3.55. The van der Waals surface area contributed by atoms with Crippen molar-refractivity contribution < 1.29 is 18.7 Å². The van der Waals surface area contributed by atoms with Crippen LogP contribution in [0.1, 0.15) is 10.4 Å². The summed E-state index contributed by atoms with van der Waals surface area (Å²) < 4.78 is 24.4. The first-order valence-corrected chi connectivity index (χ1v) is 9.60. The summed E-state index contributed by atoms with van der Waals surface area (Å²) in [6.07, 6.45) is 0. The SMILES string of the molecule is O=C(NCCN1CCN(c2cccc3c2OCCO3)CC1)c1ccc([18F])cc1. The number of fused-ring (bicyclic) bond motifs is 1. The summed E-state index contributed by atoms with van der Waals surface area (Å²) in [4.78, 5) is 16.7. The van der Waals surface area contributed by atoms with Crippen LogP contribution in [0.4, 0.5) is 10.1 Å². The van der Waals surface area contributed by atoms with Gasteiger partial charge in [-0.15, -0.1) is 0 Å². The molecule has 0 aromatic heterocycles.